The van der Waals surface area contributed by atoms with Crippen LogP contribution in [0.1, 0.15) is 24.5 Å². The topological polar surface area (TPSA) is 64.3 Å². The average molecular weight is 236 g/mol. The van der Waals surface area contributed by atoms with Gasteiger partial charge in [0.05, 0.1) is 7.11 Å². The molecule has 0 aromatic heterocycles. The maximum atomic E-state index is 11.4. The molecular formula is C13H20N2O2. The molecule has 1 rings (SSSR count). The summed E-state index contributed by atoms with van der Waals surface area (Å²) < 4.78 is 5.22. The van der Waals surface area contributed by atoms with Crippen molar-refractivity contribution in [1.82, 2.24) is 5.32 Å². The predicted octanol–water partition coefficient (Wildman–Crippen LogP) is 1.36. The fourth-order valence-corrected chi connectivity index (χ4v) is 1.54. The Kier molecular flexibility index (Phi) is 4.97. The van der Waals surface area contributed by atoms with Crippen LogP contribution in [0.15, 0.2) is 18.2 Å². The van der Waals surface area contributed by atoms with Gasteiger partial charge in [0.1, 0.15) is 5.75 Å². The third kappa shape index (κ3) is 4.44. The van der Waals surface area contributed by atoms with Gasteiger partial charge in [-0.3, -0.25) is 4.79 Å². The summed E-state index contributed by atoms with van der Waals surface area (Å²) in [7, 11) is 1.64. The third-order valence-corrected chi connectivity index (χ3v) is 2.47. The van der Waals surface area contributed by atoms with Gasteiger partial charge in [-0.1, -0.05) is 12.1 Å². The number of carbonyl (C=O) groups is 1. The van der Waals surface area contributed by atoms with E-state index in [1.807, 2.05) is 32.0 Å². The molecule has 0 heterocycles. The van der Waals surface area contributed by atoms with Gasteiger partial charge in [0.2, 0.25) is 5.91 Å². The molecule has 1 amide bonds. The fraction of sp³-hybridized carbons (Fsp3) is 0.462. The van der Waals surface area contributed by atoms with Crippen molar-refractivity contribution in [3.63, 3.8) is 0 Å². The molecule has 0 spiro atoms. The molecule has 1 aromatic carbocycles. The van der Waals surface area contributed by atoms with Crippen molar-refractivity contribution in [1.29, 1.82) is 0 Å². The van der Waals surface area contributed by atoms with Crippen LogP contribution in [0.25, 0.3) is 0 Å². The number of nitrogens with one attached hydrogen (secondary N) is 1. The number of nitrogens with two attached hydrogens (primary N) is 1. The van der Waals surface area contributed by atoms with E-state index in [2.05, 4.69) is 5.32 Å². The molecule has 4 nitrogen and oxygen atoms in total. The van der Waals surface area contributed by atoms with Gasteiger partial charge in [0.25, 0.3) is 0 Å². The van der Waals surface area contributed by atoms with Crippen molar-refractivity contribution in [3.8, 4) is 5.75 Å². The zero-order valence-corrected chi connectivity index (χ0v) is 10.6. The minimum atomic E-state index is -0.109. The zero-order valence-electron chi connectivity index (χ0n) is 10.6. The summed E-state index contributed by atoms with van der Waals surface area (Å²) in [6, 6.07) is 5.78. The lowest BCUT2D eigenvalue weighted by molar-refractivity contribution is -0.121. The van der Waals surface area contributed by atoms with Gasteiger partial charge in [0.15, 0.2) is 0 Å². The molecular weight excluding hydrogens is 216 g/mol. The molecule has 0 bridgehead atoms. The molecule has 17 heavy (non-hydrogen) atoms. The van der Waals surface area contributed by atoms with Crippen molar-refractivity contribution in [2.24, 2.45) is 5.73 Å². The van der Waals surface area contributed by atoms with Crippen LogP contribution in [0.5, 0.6) is 5.75 Å². The first-order valence-corrected chi connectivity index (χ1v) is 5.68. The highest BCUT2D eigenvalue weighted by molar-refractivity contribution is 5.76. The highest BCUT2D eigenvalue weighted by Crippen LogP contribution is 2.18. The Bertz CT molecular complexity index is 389. The maximum absolute atomic E-state index is 11.4. The fourth-order valence-electron chi connectivity index (χ4n) is 1.54. The number of rotatable bonds is 5. The monoisotopic (exact) mass is 236 g/mol. The van der Waals surface area contributed by atoms with Crippen molar-refractivity contribution in [2.75, 3.05) is 7.11 Å². The molecule has 0 aliphatic carbocycles. The third-order valence-electron chi connectivity index (χ3n) is 2.47. The molecule has 1 aromatic rings. The molecule has 0 radical (unpaired) electrons. The second-order valence-corrected chi connectivity index (χ2v) is 4.26. The Hall–Kier alpha value is -1.55. The summed E-state index contributed by atoms with van der Waals surface area (Å²) in [5.74, 6) is 0.809. The SMILES string of the molecule is COc1cc(CNC(=O)CC(C)N)ccc1C. The summed E-state index contributed by atoms with van der Waals surface area (Å²) in [5.41, 5.74) is 7.65. The van der Waals surface area contributed by atoms with E-state index in [9.17, 15) is 4.79 Å². The molecule has 0 saturated heterocycles. The number of ether oxygens (including phenoxy) is 1. The zero-order chi connectivity index (χ0) is 12.8. The number of aryl methyl sites for hydroxylation is 1. The largest absolute Gasteiger partial charge is 0.496 e. The number of methoxy groups -OCH3 is 1. The van der Waals surface area contributed by atoms with Crippen LogP contribution in [-0.2, 0) is 11.3 Å². The van der Waals surface area contributed by atoms with Gasteiger partial charge in [-0.25, -0.2) is 0 Å². The maximum Gasteiger partial charge on any atom is 0.221 e. The molecule has 0 fully saturated rings. The minimum Gasteiger partial charge on any atom is -0.496 e. The highest BCUT2D eigenvalue weighted by Gasteiger charge is 2.05. The van der Waals surface area contributed by atoms with E-state index in [1.54, 1.807) is 7.11 Å². The van der Waals surface area contributed by atoms with E-state index in [0.29, 0.717) is 13.0 Å². The smallest absolute Gasteiger partial charge is 0.221 e. The first-order chi connectivity index (χ1) is 8.02. The lowest BCUT2D eigenvalue weighted by Gasteiger charge is -2.10. The van der Waals surface area contributed by atoms with Gasteiger partial charge < -0.3 is 15.8 Å². The predicted molar refractivity (Wildman–Crippen MR) is 67.8 cm³/mol. The number of benzene rings is 1. The van der Waals surface area contributed by atoms with Gasteiger partial charge in [-0.15, -0.1) is 0 Å². The average Bonchev–Trinajstić information content (AvgIpc) is 2.27. The first-order valence-electron chi connectivity index (χ1n) is 5.68. The molecule has 1 unspecified atom stereocenters. The van der Waals surface area contributed by atoms with Crippen LogP contribution >= 0.6 is 0 Å². The van der Waals surface area contributed by atoms with E-state index in [1.165, 1.54) is 0 Å². The van der Waals surface area contributed by atoms with E-state index < -0.39 is 0 Å². The van der Waals surface area contributed by atoms with E-state index >= 15 is 0 Å². The van der Waals surface area contributed by atoms with E-state index in [4.69, 9.17) is 10.5 Å². The van der Waals surface area contributed by atoms with Crippen LogP contribution in [0.3, 0.4) is 0 Å². The Balaban J connectivity index is 2.55. The van der Waals surface area contributed by atoms with Gasteiger partial charge in [-0.05, 0) is 31.0 Å². The van der Waals surface area contributed by atoms with Gasteiger partial charge in [-0.2, -0.15) is 0 Å². The molecule has 4 heteroatoms. The Morgan fingerprint density at radius 1 is 1.53 bits per heavy atom. The summed E-state index contributed by atoms with van der Waals surface area (Å²) in [5, 5.41) is 2.83. The molecule has 0 aliphatic heterocycles. The standard InChI is InChI=1S/C13H20N2O2/c1-9-4-5-11(7-12(9)17-3)8-15-13(16)6-10(2)14/h4-5,7,10H,6,8,14H2,1-3H3,(H,15,16). The number of hydrogen-bond donors (Lipinski definition) is 2. The molecule has 0 aliphatic rings. The van der Waals surface area contributed by atoms with Gasteiger partial charge >= 0.3 is 0 Å². The van der Waals surface area contributed by atoms with Crippen LogP contribution in [0.2, 0.25) is 0 Å². The van der Waals surface area contributed by atoms with Crippen LogP contribution < -0.4 is 15.8 Å². The van der Waals surface area contributed by atoms with E-state index in [-0.39, 0.29) is 11.9 Å². The Morgan fingerprint density at radius 2 is 2.24 bits per heavy atom. The molecule has 3 N–H and O–H groups in total. The summed E-state index contributed by atoms with van der Waals surface area (Å²) >= 11 is 0. The Labute approximate surface area is 102 Å². The van der Waals surface area contributed by atoms with Crippen molar-refractivity contribution < 1.29 is 9.53 Å². The quantitative estimate of drug-likeness (QED) is 0.811. The van der Waals surface area contributed by atoms with Crippen LogP contribution in [-0.4, -0.2) is 19.1 Å². The van der Waals surface area contributed by atoms with Crippen molar-refractivity contribution in [3.05, 3.63) is 29.3 Å². The Morgan fingerprint density at radius 3 is 2.82 bits per heavy atom. The van der Waals surface area contributed by atoms with Gasteiger partial charge in [0, 0.05) is 19.0 Å². The van der Waals surface area contributed by atoms with Crippen LogP contribution in [0, 0.1) is 6.92 Å². The normalized spacial score (nSPS) is 12.0. The number of hydrogen-bond acceptors (Lipinski definition) is 3. The van der Waals surface area contributed by atoms with Crippen molar-refractivity contribution >= 4 is 5.91 Å². The summed E-state index contributed by atoms with van der Waals surface area (Å²) in [6.45, 7) is 4.30. The molecule has 0 saturated carbocycles. The summed E-state index contributed by atoms with van der Waals surface area (Å²) in [6.07, 6.45) is 0.350. The molecule has 94 valence electrons. The lowest BCUT2D eigenvalue weighted by atomic mass is 10.1. The lowest BCUT2D eigenvalue weighted by Crippen LogP contribution is -2.29. The van der Waals surface area contributed by atoms with E-state index in [0.717, 1.165) is 16.9 Å². The van der Waals surface area contributed by atoms with Crippen molar-refractivity contribution in [2.45, 2.75) is 32.9 Å². The highest BCUT2D eigenvalue weighted by atomic mass is 16.5. The molecule has 1 atom stereocenters. The van der Waals surface area contributed by atoms with Crippen LogP contribution in [0.4, 0.5) is 0 Å². The first kappa shape index (κ1) is 13.5. The number of carbonyl (C=O) groups excluding carboxylic acids is 1. The second-order valence-electron chi connectivity index (χ2n) is 4.26. The number of amides is 1. The summed E-state index contributed by atoms with van der Waals surface area (Å²) in [4.78, 5) is 11.4. The second kappa shape index (κ2) is 6.25. The minimum absolute atomic E-state index is 0.0282.